The van der Waals surface area contributed by atoms with Crippen LogP contribution in [0.4, 0.5) is 0 Å². The Morgan fingerprint density at radius 1 is 1.14 bits per heavy atom. The monoisotopic (exact) mass is 472 g/mol. The van der Waals surface area contributed by atoms with E-state index in [1.54, 1.807) is 25.1 Å². The number of carbonyl (C=O) groups excluding carboxylic acids is 2. The van der Waals surface area contributed by atoms with Gasteiger partial charge in [-0.1, -0.05) is 35.9 Å². The van der Waals surface area contributed by atoms with Crippen molar-refractivity contribution in [2.24, 2.45) is 5.92 Å². The fraction of sp³-hybridized carbons (Fsp3) is 0.379. The third kappa shape index (κ3) is 4.97. The van der Waals surface area contributed by atoms with Crippen molar-refractivity contribution in [1.82, 2.24) is 9.80 Å². The molecule has 2 atom stereocenters. The SMILES string of the molecule is Cc1cccc([C@H]2c3cc(O[C@H](C)C(=O)N(C)Cc4ccco4)ccc3CCN2C(=O)C2CC2)c1. The zero-order chi connectivity index (χ0) is 24.5. The molecule has 0 spiro atoms. The van der Waals surface area contributed by atoms with E-state index in [2.05, 4.69) is 37.3 Å². The molecule has 1 aromatic heterocycles. The van der Waals surface area contributed by atoms with E-state index in [0.29, 0.717) is 18.8 Å². The van der Waals surface area contributed by atoms with E-state index in [9.17, 15) is 9.59 Å². The zero-order valence-electron chi connectivity index (χ0n) is 20.6. The number of hydrogen-bond acceptors (Lipinski definition) is 4. The lowest BCUT2D eigenvalue weighted by molar-refractivity contribution is -0.137. The quantitative estimate of drug-likeness (QED) is 0.491. The van der Waals surface area contributed by atoms with E-state index in [0.717, 1.165) is 36.1 Å². The molecule has 1 aliphatic carbocycles. The van der Waals surface area contributed by atoms with Gasteiger partial charge in [0.2, 0.25) is 5.91 Å². The number of nitrogens with zero attached hydrogens (tertiary/aromatic N) is 2. The molecule has 2 amide bonds. The number of amides is 2. The fourth-order valence-corrected chi connectivity index (χ4v) is 4.95. The Balaban J connectivity index is 1.40. The lowest BCUT2D eigenvalue weighted by Crippen LogP contribution is -2.41. The summed E-state index contributed by atoms with van der Waals surface area (Å²) in [5.74, 6) is 1.64. The molecule has 0 bridgehead atoms. The molecule has 1 saturated carbocycles. The van der Waals surface area contributed by atoms with Gasteiger partial charge >= 0.3 is 0 Å². The van der Waals surface area contributed by atoms with Crippen LogP contribution in [0.25, 0.3) is 0 Å². The summed E-state index contributed by atoms with van der Waals surface area (Å²) < 4.78 is 11.5. The van der Waals surface area contributed by atoms with Crippen molar-refractivity contribution in [2.75, 3.05) is 13.6 Å². The predicted octanol–water partition coefficient (Wildman–Crippen LogP) is 4.90. The summed E-state index contributed by atoms with van der Waals surface area (Å²) >= 11 is 0. The minimum Gasteiger partial charge on any atom is -0.481 e. The third-order valence-electron chi connectivity index (χ3n) is 6.92. The maximum Gasteiger partial charge on any atom is 0.263 e. The van der Waals surface area contributed by atoms with Gasteiger partial charge in [-0.15, -0.1) is 0 Å². The van der Waals surface area contributed by atoms with E-state index in [-0.39, 0.29) is 23.8 Å². The number of likely N-dealkylation sites (N-methyl/N-ethyl adjacent to an activating group) is 1. The topological polar surface area (TPSA) is 63.0 Å². The van der Waals surface area contributed by atoms with Crippen LogP contribution in [0.15, 0.2) is 65.3 Å². The number of hydrogen-bond donors (Lipinski definition) is 0. The average Bonchev–Trinajstić information content (AvgIpc) is 3.58. The van der Waals surface area contributed by atoms with Gasteiger partial charge in [-0.2, -0.15) is 0 Å². The van der Waals surface area contributed by atoms with Crippen molar-refractivity contribution in [3.8, 4) is 5.75 Å². The first-order valence-corrected chi connectivity index (χ1v) is 12.3. The van der Waals surface area contributed by atoms with Gasteiger partial charge in [-0.3, -0.25) is 9.59 Å². The number of fused-ring (bicyclic) bond motifs is 1. The van der Waals surface area contributed by atoms with Crippen LogP contribution in [-0.4, -0.2) is 41.3 Å². The van der Waals surface area contributed by atoms with Crippen LogP contribution in [0, 0.1) is 12.8 Å². The Labute approximate surface area is 206 Å². The highest BCUT2D eigenvalue weighted by Crippen LogP contribution is 2.41. The first-order chi connectivity index (χ1) is 16.9. The molecule has 0 unspecified atom stereocenters. The molecule has 6 nitrogen and oxygen atoms in total. The smallest absolute Gasteiger partial charge is 0.263 e. The summed E-state index contributed by atoms with van der Waals surface area (Å²) in [7, 11) is 1.74. The van der Waals surface area contributed by atoms with Crippen LogP contribution in [0.1, 0.15) is 53.8 Å². The predicted molar refractivity (Wildman–Crippen MR) is 133 cm³/mol. The van der Waals surface area contributed by atoms with Gasteiger partial charge in [0.1, 0.15) is 11.5 Å². The van der Waals surface area contributed by atoms with Crippen LogP contribution in [0.5, 0.6) is 5.75 Å². The van der Waals surface area contributed by atoms with Crippen LogP contribution in [-0.2, 0) is 22.6 Å². The van der Waals surface area contributed by atoms with Crippen molar-refractivity contribution < 1.29 is 18.7 Å². The summed E-state index contributed by atoms with van der Waals surface area (Å²) in [6, 6.07) is 17.9. The Bertz CT molecular complexity index is 1220. The van der Waals surface area contributed by atoms with Gasteiger partial charge in [-0.05, 0) is 74.1 Å². The highest BCUT2D eigenvalue weighted by atomic mass is 16.5. The summed E-state index contributed by atoms with van der Waals surface area (Å²) in [6.45, 7) is 4.94. The summed E-state index contributed by atoms with van der Waals surface area (Å²) in [6.07, 6.45) is 3.73. The summed E-state index contributed by atoms with van der Waals surface area (Å²) in [5.41, 5.74) is 4.58. The number of ether oxygens (including phenoxy) is 1. The molecule has 5 rings (SSSR count). The van der Waals surface area contributed by atoms with E-state index >= 15 is 0 Å². The molecule has 182 valence electrons. The molecule has 6 heteroatoms. The molecule has 1 fully saturated rings. The van der Waals surface area contributed by atoms with E-state index < -0.39 is 6.10 Å². The number of carbonyl (C=O) groups is 2. The van der Waals surface area contributed by atoms with Crippen molar-refractivity contribution in [1.29, 1.82) is 0 Å². The summed E-state index contributed by atoms with van der Waals surface area (Å²) in [4.78, 5) is 29.8. The lowest BCUT2D eigenvalue weighted by Gasteiger charge is -2.38. The van der Waals surface area contributed by atoms with Crippen LogP contribution in [0.3, 0.4) is 0 Å². The number of aryl methyl sites for hydroxylation is 1. The van der Waals surface area contributed by atoms with E-state index in [1.807, 2.05) is 29.2 Å². The first kappa shape index (κ1) is 23.2. The Morgan fingerprint density at radius 2 is 1.97 bits per heavy atom. The van der Waals surface area contributed by atoms with Crippen LogP contribution in [0.2, 0.25) is 0 Å². The Kier molecular flexibility index (Phi) is 6.37. The molecule has 35 heavy (non-hydrogen) atoms. The Morgan fingerprint density at radius 3 is 2.69 bits per heavy atom. The van der Waals surface area contributed by atoms with Gasteiger partial charge in [0.25, 0.3) is 5.91 Å². The second kappa shape index (κ2) is 9.61. The normalized spacial score (nSPS) is 18.0. The largest absolute Gasteiger partial charge is 0.481 e. The maximum absolute atomic E-state index is 13.2. The summed E-state index contributed by atoms with van der Waals surface area (Å²) in [5, 5.41) is 0. The first-order valence-electron chi connectivity index (χ1n) is 12.3. The molecule has 0 radical (unpaired) electrons. The molecule has 1 aliphatic heterocycles. The minimum absolute atomic E-state index is 0.125. The van der Waals surface area contributed by atoms with E-state index in [1.165, 1.54) is 11.1 Å². The van der Waals surface area contributed by atoms with Crippen LogP contribution >= 0.6 is 0 Å². The molecular formula is C29H32N2O4. The minimum atomic E-state index is -0.654. The van der Waals surface area contributed by atoms with Crippen molar-refractivity contribution in [3.63, 3.8) is 0 Å². The van der Waals surface area contributed by atoms with Crippen LogP contribution < -0.4 is 4.74 Å². The highest BCUT2D eigenvalue weighted by molar-refractivity contribution is 5.82. The van der Waals surface area contributed by atoms with Gasteiger partial charge < -0.3 is 19.0 Å². The maximum atomic E-state index is 13.2. The van der Waals surface area contributed by atoms with Crippen molar-refractivity contribution in [3.05, 3.63) is 88.9 Å². The number of furan rings is 1. The van der Waals surface area contributed by atoms with E-state index in [4.69, 9.17) is 9.15 Å². The zero-order valence-corrected chi connectivity index (χ0v) is 20.6. The van der Waals surface area contributed by atoms with Gasteiger partial charge in [0, 0.05) is 19.5 Å². The molecule has 3 aromatic rings. The van der Waals surface area contributed by atoms with Crippen molar-refractivity contribution in [2.45, 2.75) is 51.8 Å². The number of rotatable bonds is 7. The third-order valence-corrected chi connectivity index (χ3v) is 6.92. The molecular weight excluding hydrogens is 440 g/mol. The average molecular weight is 473 g/mol. The standard InChI is InChI=1S/C29H32N2O4/c1-19-6-4-7-23(16-19)27-26-17-24(12-11-21(26)13-14-31(27)29(33)22-9-10-22)35-20(2)28(32)30(3)18-25-8-5-15-34-25/h4-8,11-12,15-17,20,22,27H,9-10,13-14,18H2,1-3H3/t20-,27+/m1/s1. The highest BCUT2D eigenvalue weighted by Gasteiger charge is 2.39. The number of benzene rings is 2. The Hall–Kier alpha value is -3.54. The molecule has 0 N–H and O–H groups in total. The second-order valence-corrected chi connectivity index (χ2v) is 9.77. The molecule has 2 heterocycles. The van der Waals surface area contributed by atoms with Gasteiger partial charge in [0.15, 0.2) is 6.10 Å². The van der Waals surface area contributed by atoms with Gasteiger partial charge in [0.05, 0.1) is 18.8 Å². The second-order valence-electron chi connectivity index (χ2n) is 9.77. The fourth-order valence-electron chi connectivity index (χ4n) is 4.95. The molecule has 2 aliphatic rings. The van der Waals surface area contributed by atoms with Gasteiger partial charge in [-0.25, -0.2) is 0 Å². The molecule has 2 aromatic carbocycles. The van der Waals surface area contributed by atoms with Crippen molar-refractivity contribution >= 4 is 11.8 Å². The lowest BCUT2D eigenvalue weighted by atomic mass is 9.87. The molecule has 0 saturated heterocycles.